The molecule has 298 valence electrons. The van der Waals surface area contributed by atoms with Crippen LogP contribution >= 0.6 is 11.8 Å². The molecule has 0 aliphatic rings. The number of aromatic nitrogens is 2. The number of rotatable bonds is 11. The summed E-state index contributed by atoms with van der Waals surface area (Å²) in [6.45, 7) is 13.5. The Morgan fingerprint density at radius 3 is 1.77 bits per heavy atom. The standard InChI is InChI=1S/C55H51N3OS/c1-54(2,3)41-25-29-43(30-26-41)58(44-31-27-42(28-32-44)55(4,5)6)45-33-35-57-51(38-45)39-16-14-18-46(36-39)59-47-19-15-17-40(37-47)53(50-23-12-13-34-56-50)49-22-10-11-24-52(49)60-48-20-8-7-9-21-48/h7-38,53H,1-6H3/t53-/m0/s1. The first-order valence-corrected chi connectivity index (χ1v) is 21.4. The van der Waals surface area contributed by atoms with Crippen molar-refractivity contribution in [2.75, 3.05) is 4.90 Å². The van der Waals surface area contributed by atoms with E-state index < -0.39 is 0 Å². The van der Waals surface area contributed by atoms with Gasteiger partial charge < -0.3 is 9.64 Å². The van der Waals surface area contributed by atoms with E-state index >= 15 is 0 Å². The molecule has 0 amide bonds. The van der Waals surface area contributed by atoms with Gasteiger partial charge in [-0.05, 0) is 124 Å². The van der Waals surface area contributed by atoms with Crippen LogP contribution in [-0.2, 0) is 10.8 Å². The fourth-order valence-corrected chi connectivity index (χ4v) is 8.48. The van der Waals surface area contributed by atoms with Gasteiger partial charge in [0.1, 0.15) is 11.5 Å². The summed E-state index contributed by atoms with van der Waals surface area (Å²) >= 11 is 1.77. The molecule has 2 heterocycles. The molecular formula is C55H51N3OS. The average molecular weight is 802 g/mol. The van der Waals surface area contributed by atoms with Gasteiger partial charge in [-0.15, -0.1) is 0 Å². The molecule has 0 aliphatic heterocycles. The van der Waals surface area contributed by atoms with E-state index in [2.05, 4.69) is 204 Å². The van der Waals surface area contributed by atoms with Gasteiger partial charge in [-0.25, -0.2) is 0 Å². The molecule has 0 spiro atoms. The maximum atomic E-state index is 6.66. The zero-order chi connectivity index (χ0) is 41.7. The highest BCUT2D eigenvalue weighted by molar-refractivity contribution is 7.99. The summed E-state index contributed by atoms with van der Waals surface area (Å²) in [4.78, 5) is 14.4. The first kappa shape index (κ1) is 40.4. The van der Waals surface area contributed by atoms with Crippen LogP contribution in [0.2, 0.25) is 0 Å². The Balaban J connectivity index is 1.11. The lowest BCUT2D eigenvalue weighted by atomic mass is 9.86. The number of pyridine rings is 2. The lowest BCUT2D eigenvalue weighted by molar-refractivity contribution is 0.482. The van der Waals surface area contributed by atoms with Crippen LogP contribution in [0.4, 0.5) is 17.1 Å². The summed E-state index contributed by atoms with van der Waals surface area (Å²) < 4.78 is 6.66. The molecular weight excluding hydrogens is 751 g/mol. The van der Waals surface area contributed by atoms with Gasteiger partial charge in [-0.2, -0.15) is 0 Å². The molecule has 1 atom stereocenters. The van der Waals surface area contributed by atoms with Crippen molar-refractivity contribution in [2.24, 2.45) is 0 Å². The third-order valence-electron chi connectivity index (χ3n) is 10.7. The highest BCUT2D eigenvalue weighted by Gasteiger charge is 2.23. The minimum Gasteiger partial charge on any atom is -0.457 e. The lowest BCUT2D eigenvalue weighted by Gasteiger charge is -2.28. The fraction of sp³-hybridized carbons (Fsp3) is 0.164. The van der Waals surface area contributed by atoms with Crippen molar-refractivity contribution in [2.45, 2.75) is 68.1 Å². The first-order valence-electron chi connectivity index (χ1n) is 20.6. The van der Waals surface area contributed by atoms with E-state index in [4.69, 9.17) is 14.7 Å². The van der Waals surface area contributed by atoms with Gasteiger partial charge in [0.25, 0.3) is 0 Å². The second-order valence-electron chi connectivity index (χ2n) is 17.2. The van der Waals surface area contributed by atoms with Crippen molar-refractivity contribution in [3.05, 3.63) is 222 Å². The minimum atomic E-state index is -0.0993. The highest BCUT2D eigenvalue weighted by Crippen LogP contribution is 2.42. The molecule has 0 saturated heterocycles. The molecule has 0 radical (unpaired) electrons. The van der Waals surface area contributed by atoms with Gasteiger partial charge >= 0.3 is 0 Å². The maximum Gasteiger partial charge on any atom is 0.128 e. The Morgan fingerprint density at radius 2 is 1.12 bits per heavy atom. The van der Waals surface area contributed by atoms with Crippen LogP contribution in [0, 0.1) is 0 Å². The molecule has 0 aliphatic carbocycles. The van der Waals surface area contributed by atoms with Crippen LogP contribution in [0.15, 0.2) is 204 Å². The summed E-state index contributed by atoms with van der Waals surface area (Å²) in [5, 5.41) is 0. The zero-order valence-electron chi connectivity index (χ0n) is 35.2. The van der Waals surface area contributed by atoms with Crippen molar-refractivity contribution in [3.63, 3.8) is 0 Å². The minimum absolute atomic E-state index is 0.0594. The Kier molecular flexibility index (Phi) is 11.7. The molecule has 5 heteroatoms. The lowest BCUT2D eigenvalue weighted by Crippen LogP contribution is -2.14. The van der Waals surface area contributed by atoms with E-state index in [1.807, 2.05) is 36.7 Å². The molecule has 0 bridgehead atoms. The fourth-order valence-electron chi connectivity index (χ4n) is 7.48. The van der Waals surface area contributed by atoms with E-state index in [-0.39, 0.29) is 16.7 Å². The molecule has 4 nitrogen and oxygen atoms in total. The second kappa shape index (κ2) is 17.4. The molecule has 8 aromatic rings. The van der Waals surface area contributed by atoms with Crippen molar-refractivity contribution in [3.8, 4) is 22.8 Å². The zero-order valence-corrected chi connectivity index (χ0v) is 36.0. The predicted octanol–water partition coefficient (Wildman–Crippen LogP) is 15.3. The Bertz CT molecular complexity index is 2610. The Hall–Kier alpha value is -6.43. The van der Waals surface area contributed by atoms with Crippen molar-refractivity contribution < 1.29 is 4.74 Å². The van der Waals surface area contributed by atoms with Gasteiger partial charge in [0.05, 0.1) is 17.3 Å². The summed E-state index contributed by atoms with van der Waals surface area (Å²) in [6.07, 6.45) is 3.77. The number of hydrogen-bond acceptors (Lipinski definition) is 5. The van der Waals surface area contributed by atoms with Crippen LogP contribution in [-0.4, -0.2) is 9.97 Å². The first-order chi connectivity index (χ1) is 29.0. The van der Waals surface area contributed by atoms with Crippen molar-refractivity contribution in [1.29, 1.82) is 0 Å². The number of benzene rings is 6. The monoisotopic (exact) mass is 801 g/mol. The third kappa shape index (κ3) is 9.38. The molecule has 0 unspecified atom stereocenters. The van der Waals surface area contributed by atoms with Crippen LogP contribution in [0.1, 0.15) is 75.4 Å². The number of anilines is 3. The van der Waals surface area contributed by atoms with Gasteiger partial charge in [0.15, 0.2) is 0 Å². The number of ether oxygens (including phenoxy) is 1. The Morgan fingerprint density at radius 1 is 0.500 bits per heavy atom. The van der Waals surface area contributed by atoms with Crippen LogP contribution in [0.3, 0.4) is 0 Å². The van der Waals surface area contributed by atoms with E-state index in [1.54, 1.807) is 11.8 Å². The summed E-state index contributed by atoms with van der Waals surface area (Å²) in [6, 6.07) is 64.0. The molecule has 0 saturated carbocycles. The van der Waals surface area contributed by atoms with E-state index in [0.29, 0.717) is 0 Å². The number of hydrogen-bond donors (Lipinski definition) is 0. The van der Waals surface area contributed by atoms with Crippen LogP contribution in [0.25, 0.3) is 11.3 Å². The van der Waals surface area contributed by atoms with Gasteiger partial charge in [0, 0.05) is 44.8 Å². The molecule has 2 aromatic heterocycles. The van der Waals surface area contributed by atoms with E-state index in [1.165, 1.54) is 26.5 Å². The largest absolute Gasteiger partial charge is 0.457 e. The van der Waals surface area contributed by atoms with Crippen molar-refractivity contribution in [1.82, 2.24) is 9.97 Å². The summed E-state index contributed by atoms with van der Waals surface area (Å²) in [5.41, 5.74) is 11.0. The quantitative estimate of drug-likeness (QED) is 0.130. The maximum absolute atomic E-state index is 6.66. The summed E-state index contributed by atoms with van der Waals surface area (Å²) in [5.74, 6) is 1.39. The SMILES string of the molecule is CC(C)(C)c1ccc(N(c2ccc(C(C)(C)C)cc2)c2ccnc(-c3cccc(Oc4cccc([C@H](c5ccccn5)c5ccccc5Sc5ccccc5)c4)c3)c2)cc1. The Labute approximate surface area is 360 Å². The average Bonchev–Trinajstić information content (AvgIpc) is 3.25. The third-order valence-corrected chi connectivity index (χ3v) is 11.8. The summed E-state index contributed by atoms with van der Waals surface area (Å²) in [7, 11) is 0. The van der Waals surface area contributed by atoms with Gasteiger partial charge in [-0.1, -0.05) is 144 Å². The second-order valence-corrected chi connectivity index (χ2v) is 18.3. The molecule has 0 N–H and O–H groups in total. The van der Waals surface area contributed by atoms with Gasteiger partial charge in [-0.3, -0.25) is 9.97 Å². The van der Waals surface area contributed by atoms with Crippen LogP contribution in [0.5, 0.6) is 11.5 Å². The van der Waals surface area contributed by atoms with E-state index in [9.17, 15) is 0 Å². The molecule has 0 fully saturated rings. The molecule has 6 aromatic carbocycles. The van der Waals surface area contributed by atoms with Crippen molar-refractivity contribution >= 4 is 28.8 Å². The smallest absolute Gasteiger partial charge is 0.128 e. The number of nitrogens with zero attached hydrogens (tertiary/aromatic N) is 3. The molecule has 60 heavy (non-hydrogen) atoms. The van der Waals surface area contributed by atoms with Gasteiger partial charge in [0.2, 0.25) is 0 Å². The van der Waals surface area contributed by atoms with E-state index in [0.717, 1.165) is 51.1 Å². The topological polar surface area (TPSA) is 38.2 Å². The molecule has 8 rings (SSSR count). The highest BCUT2D eigenvalue weighted by atomic mass is 32.2. The normalized spacial score (nSPS) is 12.2. The van der Waals surface area contributed by atoms with Crippen LogP contribution < -0.4 is 9.64 Å². The predicted molar refractivity (Wildman–Crippen MR) is 250 cm³/mol.